The lowest BCUT2D eigenvalue weighted by atomic mass is 9.99. The first-order valence-electron chi connectivity index (χ1n) is 14.7. The van der Waals surface area contributed by atoms with Gasteiger partial charge >= 0.3 is 5.69 Å². The lowest BCUT2D eigenvalue weighted by Crippen LogP contribution is -2.36. The zero-order valence-corrected chi connectivity index (χ0v) is 24.4. The number of amidine groups is 2. The van der Waals surface area contributed by atoms with Crippen LogP contribution in [0.4, 0.5) is 0 Å². The Balaban J connectivity index is 1.16. The lowest BCUT2D eigenvalue weighted by molar-refractivity contribution is 0.756. The number of fused-ring (bicyclic) bond motifs is 4. The van der Waals surface area contributed by atoms with Crippen molar-refractivity contribution in [2.45, 2.75) is 6.17 Å². The molecule has 212 valence electrons. The number of benzene rings is 6. The highest BCUT2D eigenvalue weighted by atomic mass is 16.1. The van der Waals surface area contributed by atoms with E-state index in [0.717, 1.165) is 50.5 Å². The third-order valence-corrected chi connectivity index (χ3v) is 8.62. The summed E-state index contributed by atoms with van der Waals surface area (Å²) in [7, 11) is 3.61. The molecule has 6 heteroatoms. The summed E-state index contributed by atoms with van der Waals surface area (Å²) in [6, 6.07) is 44.1. The van der Waals surface area contributed by atoms with Crippen LogP contribution in [0.5, 0.6) is 0 Å². The first kappa shape index (κ1) is 25.9. The van der Waals surface area contributed by atoms with Crippen LogP contribution >= 0.6 is 0 Å². The molecule has 0 amide bonds. The maximum atomic E-state index is 12.4. The summed E-state index contributed by atoms with van der Waals surface area (Å²) in [4.78, 5) is 22.5. The van der Waals surface area contributed by atoms with E-state index in [1.165, 1.54) is 21.5 Å². The van der Waals surface area contributed by atoms with Crippen LogP contribution in [0.15, 0.2) is 142 Å². The van der Waals surface area contributed by atoms with Crippen molar-refractivity contribution < 1.29 is 0 Å². The predicted molar refractivity (Wildman–Crippen MR) is 180 cm³/mol. The van der Waals surface area contributed by atoms with E-state index in [1.54, 1.807) is 16.2 Å². The number of hydrogen-bond donors (Lipinski definition) is 1. The van der Waals surface area contributed by atoms with Crippen molar-refractivity contribution in [1.29, 1.82) is 0 Å². The Morgan fingerprint density at radius 3 is 1.98 bits per heavy atom. The van der Waals surface area contributed by atoms with Crippen LogP contribution in [0, 0.1) is 0 Å². The molecule has 44 heavy (non-hydrogen) atoms. The summed E-state index contributed by atoms with van der Waals surface area (Å²) in [5, 5.41) is 8.42. The number of imidazole rings is 1. The molecule has 0 saturated carbocycles. The molecule has 0 spiro atoms. The van der Waals surface area contributed by atoms with Crippen molar-refractivity contribution in [1.82, 2.24) is 14.5 Å². The van der Waals surface area contributed by atoms with Gasteiger partial charge in [0.25, 0.3) is 0 Å². The SMILES string of the molecule is Cn1c(=O)n(C)c2cc(-c3ccc(C4=NC(c5ccccc5)N=C(c5ccc6c(ccc7ccccc76)c5)N4)cc3)ccc21. The Morgan fingerprint density at radius 1 is 0.545 bits per heavy atom. The van der Waals surface area contributed by atoms with Crippen LogP contribution in [0.25, 0.3) is 43.7 Å². The van der Waals surface area contributed by atoms with Gasteiger partial charge < -0.3 is 5.32 Å². The van der Waals surface area contributed by atoms with Crippen LogP contribution in [-0.2, 0) is 14.1 Å². The molecule has 0 fully saturated rings. The second-order valence-corrected chi connectivity index (χ2v) is 11.3. The summed E-state index contributed by atoms with van der Waals surface area (Å²) >= 11 is 0. The van der Waals surface area contributed by atoms with E-state index in [9.17, 15) is 4.79 Å². The van der Waals surface area contributed by atoms with Crippen molar-refractivity contribution in [2.24, 2.45) is 24.1 Å². The quantitative estimate of drug-likeness (QED) is 0.225. The molecule has 2 heterocycles. The molecule has 1 N–H and O–H groups in total. The van der Waals surface area contributed by atoms with Gasteiger partial charge in [-0.3, -0.25) is 9.13 Å². The van der Waals surface area contributed by atoms with E-state index >= 15 is 0 Å². The smallest absolute Gasteiger partial charge is 0.324 e. The number of rotatable bonds is 4. The highest BCUT2D eigenvalue weighted by Gasteiger charge is 2.21. The first-order chi connectivity index (χ1) is 21.5. The minimum absolute atomic E-state index is 0.0286. The summed E-state index contributed by atoms with van der Waals surface area (Å²) in [6.45, 7) is 0. The lowest BCUT2D eigenvalue weighted by Gasteiger charge is -2.22. The average molecular weight is 572 g/mol. The fourth-order valence-corrected chi connectivity index (χ4v) is 6.19. The third kappa shape index (κ3) is 4.31. The van der Waals surface area contributed by atoms with Gasteiger partial charge in [-0.2, -0.15) is 0 Å². The molecule has 0 aliphatic carbocycles. The number of nitrogens with one attached hydrogen (secondary N) is 1. The average Bonchev–Trinajstić information content (AvgIpc) is 3.31. The van der Waals surface area contributed by atoms with Crippen LogP contribution in [-0.4, -0.2) is 20.8 Å². The van der Waals surface area contributed by atoms with Crippen molar-refractivity contribution in [3.8, 4) is 11.1 Å². The van der Waals surface area contributed by atoms with E-state index in [1.807, 2.05) is 31.3 Å². The van der Waals surface area contributed by atoms with Gasteiger partial charge in [0.15, 0.2) is 6.17 Å². The molecule has 1 aliphatic heterocycles. The maximum absolute atomic E-state index is 12.4. The molecule has 0 bridgehead atoms. The summed E-state index contributed by atoms with van der Waals surface area (Å²) < 4.78 is 3.36. The van der Waals surface area contributed by atoms with Crippen molar-refractivity contribution in [2.75, 3.05) is 0 Å². The van der Waals surface area contributed by atoms with Crippen LogP contribution in [0.2, 0.25) is 0 Å². The minimum atomic E-state index is -0.365. The topological polar surface area (TPSA) is 63.7 Å². The summed E-state index contributed by atoms with van der Waals surface area (Å²) in [5.74, 6) is 1.56. The van der Waals surface area contributed by atoms with Gasteiger partial charge in [-0.15, -0.1) is 0 Å². The fourth-order valence-electron chi connectivity index (χ4n) is 6.19. The maximum Gasteiger partial charge on any atom is 0.328 e. The zero-order valence-electron chi connectivity index (χ0n) is 24.4. The van der Waals surface area contributed by atoms with Gasteiger partial charge in [0.05, 0.1) is 11.0 Å². The normalized spacial score (nSPS) is 14.9. The molecular formula is C38H29N5O. The number of aromatic nitrogens is 2. The van der Waals surface area contributed by atoms with Crippen molar-refractivity contribution in [3.63, 3.8) is 0 Å². The van der Waals surface area contributed by atoms with E-state index in [2.05, 4.69) is 108 Å². The molecule has 1 aromatic heterocycles. The Kier molecular flexibility index (Phi) is 6.01. The molecule has 6 aromatic carbocycles. The summed E-state index contributed by atoms with van der Waals surface area (Å²) in [6.07, 6.45) is -0.365. The number of nitrogens with zero attached hydrogens (tertiary/aromatic N) is 4. The van der Waals surface area contributed by atoms with Crippen molar-refractivity contribution in [3.05, 3.63) is 155 Å². The van der Waals surface area contributed by atoms with Crippen LogP contribution in [0.3, 0.4) is 0 Å². The third-order valence-electron chi connectivity index (χ3n) is 8.62. The number of aryl methyl sites for hydroxylation is 2. The molecule has 1 aliphatic rings. The molecule has 0 radical (unpaired) electrons. The minimum Gasteiger partial charge on any atom is -0.324 e. The monoisotopic (exact) mass is 571 g/mol. The van der Waals surface area contributed by atoms with E-state index < -0.39 is 0 Å². The Labute approximate surface area is 254 Å². The standard InChI is InChI=1S/C38H29N5O/c1-42-33-21-19-28(23-34(33)43(2)38(42)44)24-12-15-27(16-13-24)36-39-35(26-9-4-3-5-10-26)40-37(41-36)30-18-20-32-29(22-30)17-14-25-8-6-7-11-31(25)32/h3-23,35H,1-2H3,(H,39,40,41). The van der Waals surface area contributed by atoms with Gasteiger partial charge in [-0.05, 0) is 56.4 Å². The fraction of sp³-hybridized carbons (Fsp3) is 0.0789. The zero-order chi connectivity index (χ0) is 29.8. The van der Waals surface area contributed by atoms with Crippen molar-refractivity contribution >= 4 is 44.2 Å². The molecule has 0 saturated heterocycles. The first-order valence-corrected chi connectivity index (χ1v) is 14.7. The predicted octanol–water partition coefficient (Wildman–Crippen LogP) is 7.35. The second-order valence-electron chi connectivity index (χ2n) is 11.3. The van der Waals surface area contributed by atoms with Gasteiger partial charge in [-0.1, -0.05) is 109 Å². The number of hydrogen-bond acceptors (Lipinski definition) is 4. The largest absolute Gasteiger partial charge is 0.328 e. The Morgan fingerprint density at radius 2 is 1.16 bits per heavy atom. The highest BCUT2D eigenvalue weighted by molar-refractivity contribution is 6.17. The highest BCUT2D eigenvalue weighted by Crippen LogP contribution is 2.29. The summed E-state index contributed by atoms with van der Waals surface area (Å²) in [5.41, 5.74) is 6.94. The Hall–Kier alpha value is -5.75. The molecule has 1 atom stereocenters. The molecule has 8 rings (SSSR count). The van der Waals surface area contributed by atoms with Gasteiger partial charge in [-0.25, -0.2) is 14.8 Å². The molecule has 1 unspecified atom stereocenters. The second kappa shape index (κ2) is 10.2. The van der Waals surface area contributed by atoms with E-state index in [-0.39, 0.29) is 11.9 Å². The van der Waals surface area contributed by atoms with E-state index in [0.29, 0.717) is 0 Å². The molecular weight excluding hydrogens is 542 g/mol. The van der Waals surface area contributed by atoms with E-state index in [4.69, 9.17) is 9.98 Å². The van der Waals surface area contributed by atoms with Gasteiger partial charge in [0.2, 0.25) is 0 Å². The Bertz CT molecular complexity index is 2340. The van der Waals surface area contributed by atoms with Gasteiger partial charge in [0.1, 0.15) is 11.7 Å². The molecule has 6 nitrogen and oxygen atoms in total. The number of aliphatic imine (C=N–C) groups is 2. The molecule has 7 aromatic rings. The van der Waals surface area contributed by atoms with Crippen LogP contribution < -0.4 is 11.0 Å². The van der Waals surface area contributed by atoms with Crippen LogP contribution in [0.1, 0.15) is 22.9 Å². The van der Waals surface area contributed by atoms with Gasteiger partial charge in [0, 0.05) is 25.2 Å².